The van der Waals surface area contributed by atoms with Gasteiger partial charge in [-0.15, -0.1) is 0 Å². The second-order valence-electron chi connectivity index (χ2n) is 6.92. The standard InChI is InChI=1S/C21H27NO2/c22-20-15-19(24-16-17-7-3-1-4-8-17)10-9-18(20)11-14-21(23)12-5-2-6-13-21/h1,3-4,7-10,15,23H,2,5-6,11-14,16,22H2. The summed E-state index contributed by atoms with van der Waals surface area (Å²) >= 11 is 0. The highest BCUT2D eigenvalue weighted by molar-refractivity contribution is 5.51. The molecule has 3 N–H and O–H groups in total. The lowest BCUT2D eigenvalue weighted by Gasteiger charge is -2.32. The van der Waals surface area contributed by atoms with Gasteiger partial charge in [-0.25, -0.2) is 0 Å². The van der Waals surface area contributed by atoms with Gasteiger partial charge in [0.1, 0.15) is 12.4 Å². The minimum absolute atomic E-state index is 0.493. The zero-order valence-electron chi connectivity index (χ0n) is 14.2. The van der Waals surface area contributed by atoms with Crippen LogP contribution in [0.5, 0.6) is 5.75 Å². The van der Waals surface area contributed by atoms with Crippen molar-refractivity contribution in [3.05, 3.63) is 59.7 Å². The summed E-state index contributed by atoms with van der Waals surface area (Å²) in [5, 5.41) is 10.6. The molecule has 0 saturated heterocycles. The van der Waals surface area contributed by atoms with Gasteiger partial charge in [-0.3, -0.25) is 0 Å². The molecule has 0 bridgehead atoms. The summed E-state index contributed by atoms with van der Waals surface area (Å²) in [5.74, 6) is 0.788. The summed E-state index contributed by atoms with van der Waals surface area (Å²) in [7, 11) is 0. The Morgan fingerprint density at radius 2 is 1.75 bits per heavy atom. The number of nitrogens with two attached hydrogens (primary N) is 1. The molecular weight excluding hydrogens is 298 g/mol. The van der Waals surface area contributed by atoms with E-state index < -0.39 is 5.60 Å². The molecule has 1 aliphatic carbocycles. The van der Waals surface area contributed by atoms with E-state index in [1.807, 2.05) is 48.5 Å². The van der Waals surface area contributed by atoms with Crippen LogP contribution < -0.4 is 10.5 Å². The maximum atomic E-state index is 10.6. The molecule has 3 nitrogen and oxygen atoms in total. The molecule has 0 unspecified atom stereocenters. The van der Waals surface area contributed by atoms with Crippen LogP contribution in [-0.2, 0) is 13.0 Å². The average molecular weight is 325 g/mol. The number of ether oxygens (including phenoxy) is 1. The smallest absolute Gasteiger partial charge is 0.121 e. The number of aryl methyl sites for hydroxylation is 1. The van der Waals surface area contributed by atoms with Crippen molar-refractivity contribution in [2.75, 3.05) is 5.73 Å². The Labute approximate surface area is 144 Å². The monoisotopic (exact) mass is 325 g/mol. The lowest BCUT2D eigenvalue weighted by atomic mass is 9.81. The maximum Gasteiger partial charge on any atom is 0.121 e. The predicted octanol–water partition coefficient (Wildman–Crippen LogP) is 4.48. The molecular formula is C21H27NO2. The first-order valence-electron chi connectivity index (χ1n) is 8.92. The van der Waals surface area contributed by atoms with Gasteiger partial charge in [0.25, 0.3) is 0 Å². The normalized spacial score (nSPS) is 16.7. The number of benzene rings is 2. The Kier molecular flexibility index (Phi) is 5.41. The molecule has 0 radical (unpaired) electrons. The molecule has 128 valence electrons. The fourth-order valence-electron chi connectivity index (χ4n) is 3.46. The number of anilines is 1. The van der Waals surface area contributed by atoms with Gasteiger partial charge < -0.3 is 15.6 Å². The Morgan fingerprint density at radius 1 is 1.00 bits per heavy atom. The van der Waals surface area contributed by atoms with Crippen LogP contribution in [0.15, 0.2) is 48.5 Å². The molecule has 3 heteroatoms. The van der Waals surface area contributed by atoms with Crippen LogP contribution in [-0.4, -0.2) is 10.7 Å². The largest absolute Gasteiger partial charge is 0.489 e. The van der Waals surface area contributed by atoms with Gasteiger partial charge in [-0.05, 0) is 42.9 Å². The number of hydrogen-bond acceptors (Lipinski definition) is 3. The van der Waals surface area contributed by atoms with Crippen molar-refractivity contribution in [3.8, 4) is 5.75 Å². The third kappa shape index (κ3) is 4.51. The van der Waals surface area contributed by atoms with E-state index in [0.29, 0.717) is 6.61 Å². The molecule has 0 amide bonds. The molecule has 0 aromatic heterocycles. The Hall–Kier alpha value is -2.00. The van der Waals surface area contributed by atoms with Gasteiger partial charge in [-0.1, -0.05) is 55.7 Å². The molecule has 0 atom stereocenters. The summed E-state index contributed by atoms with van der Waals surface area (Å²) in [6, 6.07) is 16.0. The van der Waals surface area contributed by atoms with E-state index in [-0.39, 0.29) is 0 Å². The summed E-state index contributed by atoms with van der Waals surface area (Å²) in [6.07, 6.45) is 6.98. The molecule has 0 heterocycles. The second kappa shape index (κ2) is 7.71. The van der Waals surface area contributed by atoms with Crippen molar-refractivity contribution in [1.82, 2.24) is 0 Å². The van der Waals surface area contributed by atoms with E-state index >= 15 is 0 Å². The molecule has 0 aliphatic heterocycles. The Balaban J connectivity index is 1.56. The third-order valence-corrected chi connectivity index (χ3v) is 5.01. The lowest BCUT2D eigenvalue weighted by Crippen LogP contribution is -2.31. The third-order valence-electron chi connectivity index (χ3n) is 5.01. The van der Waals surface area contributed by atoms with E-state index in [0.717, 1.165) is 61.1 Å². The summed E-state index contributed by atoms with van der Waals surface area (Å²) in [5.41, 5.74) is 8.68. The second-order valence-corrected chi connectivity index (χ2v) is 6.92. The molecule has 1 fully saturated rings. The van der Waals surface area contributed by atoms with Crippen molar-refractivity contribution < 1.29 is 9.84 Å². The molecule has 2 aromatic carbocycles. The zero-order chi connectivity index (χ0) is 16.8. The first-order valence-corrected chi connectivity index (χ1v) is 8.92. The van der Waals surface area contributed by atoms with Crippen LogP contribution in [0.2, 0.25) is 0 Å². The number of rotatable bonds is 6. The molecule has 0 spiro atoms. The van der Waals surface area contributed by atoms with E-state index in [2.05, 4.69) is 0 Å². The number of aliphatic hydroxyl groups is 1. The molecule has 2 aromatic rings. The quantitative estimate of drug-likeness (QED) is 0.770. The van der Waals surface area contributed by atoms with Gasteiger partial charge in [0, 0.05) is 11.8 Å². The zero-order valence-corrected chi connectivity index (χ0v) is 14.2. The fraction of sp³-hybridized carbons (Fsp3) is 0.429. The number of nitrogen functional groups attached to an aromatic ring is 1. The molecule has 3 rings (SSSR count). The predicted molar refractivity (Wildman–Crippen MR) is 98.0 cm³/mol. The van der Waals surface area contributed by atoms with Crippen LogP contribution in [0.3, 0.4) is 0 Å². The van der Waals surface area contributed by atoms with E-state index in [1.54, 1.807) is 0 Å². The first kappa shape index (κ1) is 16.8. The van der Waals surface area contributed by atoms with Crippen LogP contribution in [0, 0.1) is 0 Å². The summed E-state index contributed by atoms with van der Waals surface area (Å²) < 4.78 is 5.81. The lowest BCUT2D eigenvalue weighted by molar-refractivity contribution is -0.00338. The molecule has 24 heavy (non-hydrogen) atoms. The molecule has 1 saturated carbocycles. The average Bonchev–Trinajstić information content (AvgIpc) is 2.61. The van der Waals surface area contributed by atoms with Crippen molar-refractivity contribution in [2.24, 2.45) is 0 Å². The van der Waals surface area contributed by atoms with Crippen LogP contribution in [0.4, 0.5) is 5.69 Å². The van der Waals surface area contributed by atoms with Crippen LogP contribution in [0.25, 0.3) is 0 Å². The van der Waals surface area contributed by atoms with Gasteiger partial charge in [0.15, 0.2) is 0 Å². The topological polar surface area (TPSA) is 55.5 Å². The Morgan fingerprint density at radius 3 is 2.46 bits per heavy atom. The minimum Gasteiger partial charge on any atom is -0.489 e. The fourth-order valence-corrected chi connectivity index (χ4v) is 3.46. The van der Waals surface area contributed by atoms with Crippen molar-refractivity contribution >= 4 is 5.69 Å². The van der Waals surface area contributed by atoms with Crippen LogP contribution in [0.1, 0.15) is 49.7 Å². The van der Waals surface area contributed by atoms with E-state index in [1.165, 1.54) is 6.42 Å². The summed E-state index contributed by atoms with van der Waals surface area (Å²) in [6.45, 7) is 0.541. The SMILES string of the molecule is Nc1cc(OCc2ccccc2)ccc1CCC1(O)CCCCC1. The van der Waals surface area contributed by atoms with E-state index in [9.17, 15) is 5.11 Å². The van der Waals surface area contributed by atoms with Crippen molar-refractivity contribution in [3.63, 3.8) is 0 Å². The maximum absolute atomic E-state index is 10.6. The van der Waals surface area contributed by atoms with Crippen molar-refractivity contribution in [1.29, 1.82) is 0 Å². The van der Waals surface area contributed by atoms with Gasteiger partial charge in [0.05, 0.1) is 5.60 Å². The molecule has 1 aliphatic rings. The highest BCUT2D eigenvalue weighted by Crippen LogP contribution is 2.33. The van der Waals surface area contributed by atoms with Gasteiger partial charge in [-0.2, -0.15) is 0 Å². The highest BCUT2D eigenvalue weighted by Gasteiger charge is 2.28. The van der Waals surface area contributed by atoms with E-state index in [4.69, 9.17) is 10.5 Å². The van der Waals surface area contributed by atoms with Gasteiger partial charge >= 0.3 is 0 Å². The number of hydrogen-bond donors (Lipinski definition) is 2. The van der Waals surface area contributed by atoms with Gasteiger partial charge in [0.2, 0.25) is 0 Å². The minimum atomic E-state index is -0.493. The Bertz CT molecular complexity index is 648. The van der Waals surface area contributed by atoms with Crippen LogP contribution >= 0.6 is 0 Å². The summed E-state index contributed by atoms with van der Waals surface area (Å²) in [4.78, 5) is 0. The van der Waals surface area contributed by atoms with Crippen molar-refractivity contribution in [2.45, 2.75) is 57.2 Å². The highest BCUT2D eigenvalue weighted by atomic mass is 16.5. The first-order chi connectivity index (χ1) is 11.6.